The summed E-state index contributed by atoms with van der Waals surface area (Å²) in [5, 5.41) is 13.8. The maximum absolute atomic E-state index is 10.6. The molecule has 152 valence electrons. The summed E-state index contributed by atoms with van der Waals surface area (Å²) in [7, 11) is 0. The first kappa shape index (κ1) is 19.6. The van der Waals surface area contributed by atoms with Crippen LogP contribution in [0.15, 0.2) is 59.4 Å². The summed E-state index contributed by atoms with van der Waals surface area (Å²) >= 11 is 0. The van der Waals surface area contributed by atoms with Crippen molar-refractivity contribution in [3.8, 4) is 0 Å². The summed E-state index contributed by atoms with van der Waals surface area (Å²) in [5.41, 5.74) is 15.0. The number of allylic oxidation sites excluding steroid dienone is 5. The fourth-order valence-corrected chi connectivity index (χ4v) is 4.85. The van der Waals surface area contributed by atoms with E-state index in [0.717, 1.165) is 42.6 Å². The molecule has 5 atom stereocenters. The minimum atomic E-state index is -0.848. The molecular formula is C23H33N3O2. The van der Waals surface area contributed by atoms with Gasteiger partial charge in [0, 0.05) is 31.7 Å². The third-order valence-electron chi connectivity index (χ3n) is 6.63. The van der Waals surface area contributed by atoms with E-state index in [4.69, 9.17) is 16.2 Å². The maximum Gasteiger partial charge on any atom is 0.145 e. The Bertz CT molecular complexity index is 715. The van der Waals surface area contributed by atoms with Crippen LogP contribution in [-0.2, 0) is 4.74 Å². The van der Waals surface area contributed by atoms with Gasteiger partial charge < -0.3 is 21.3 Å². The van der Waals surface area contributed by atoms with E-state index >= 15 is 0 Å². The monoisotopic (exact) mass is 383 g/mol. The molecule has 0 radical (unpaired) electrons. The molecule has 0 amide bonds. The Hall–Kier alpha value is -1.66. The average molecular weight is 384 g/mol. The zero-order chi connectivity index (χ0) is 19.5. The van der Waals surface area contributed by atoms with Gasteiger partial charge in [0.15, 0.2) is 0 Å². The van der Waals surface area contributed by atoms with Crippen molar-refractivity contribution in [3.05, 3.63) is 59.4 Å². The van der Waals surface area contributed by atoms with Gasteiger partial charge in [0.05, 0.1) is 5.70 Å². The molecule has 1 saturated carbocycles. The number of hydrogen-bond donors (Lipinski definition) is 4. The number of ether oxygens (including phenoxy) is 1. The van der Waals surface area contributed by atoms with Crippen molar-refractivity contribution >= 4 is 0 Å². The third-order valence-corrected chi connectivity index (χ3v) is 6.63. The first-order valence-electron chi connectivity index (χ1n) is 10.6. The van der Waals surface area contributed by atoms with Gasteiger partial charge in [-0.05, 0) is 54.6 Å². The van der Waals surface area contributed by atoms with Crippen molar-refractivity contribution < 1.29 is 9.84 Å². The number of nitrogens with one attached hydrogen (secondary N) is 1. The van der Waals surface area contributed by atoms with Crippen LogP contribution in [0.4, 0.5) is 0 Å². The number of aliphatic hydroxyl groups is 1. The normalized spacial score (nSPS) is 35.6. The molecule has 1 saturated heterocycles. The van der Waals surface area contributed by atoms with Crippen LogP contribution in [0.1, 0.15) is 25.7 Å². The number of nitrogens with two attached hydrogens (primary N) is 2. The van der Waals surface area contributed by atoms with E-state index in [1.165, 1.54) is 19.3 Å². The van der Waals surface area contributed by atoms with Crippen LogP contribution in [-0.4, -0.2) is 37.1 Å². The van der Waals surface area contributed by atoms with Gasteiger partial charge in [-0.25, -0.2) is 0 Å². The molecule has 0 spiro atoms. The van der Waals surface area contributed by atoms with E-state index in [9.17, 15) is 5.11 Å². The first-order chi connectivity index (χ1) is 13.6. The second-order valence-corrected chi connectivity index (χ2v) is 8.51. The van der Waals surface area contributed by atoms with Crippen molar-refractivity contribution in [1.82, 2.24) is 5.32 Å². The van der Waals surface area contributed by atoms with E-state index in [1.54, 1.807) is 0 Å². The standard InChI is InChI=1S/C23H33N3O2/c24-17-7-5-15(6-8-17)14-26-23(27)22(25)19-4-2-1-3-18(19)21-13-20(21)16-9-11-28-12-10-16/h1-7,16-18,20-21,23,26-27H,8-14,24-25H2/b22-19-. The lowest BCUT2D eigenvalue weighted by atomic mass is 9.84. The highest BCUT2D eigenvalue weighted by atomic mass is 16.5. The second-order valence-electron chi connectivity index (χ2n) is 8.51. The third kappa shape index (κ3) is 4.49. The van der Waals surface area contributed by atoms with Gasteiger partial charge in [-0.1, -0.05) is 42.5 Å². The Morgan fingerprint density at radius 2 is 2.00 bits per heavy atom. The molecule has 4 aliphatic rings. The molecule has 6 N–H and O–H groups in total. The van der Waals surface area contributed by atoms with Crippen LogP contribution in [0.2, 0.25) is 0 Å². The van der Waals surface area contributed by atoms with Gasteiger partial charge >= 0.3 is 0 Å². The fourth-order valence-electron chi connectivity index (χ4n) is 4.85. The van der Waals surface area contributed by atoms with E-state index < -0.39 is 6.23 Å². The molecule has 1 aliphatic heterocycles. The Morgan fingerprint density at radius 3 is 2.75 bits per heavy atom. The molecule has 5 unspecified atom stereocenters. The summed E-state index contributed by atoms with van der Waals surface area (Å²) in [6, 6.07) is 0.1000. The van der Waals surface area contributed by atoms with Gasteiger partial charge in [0.1, 0.15) is 6.23 Å². The van der Waals surface area contributed by atoms with E-state index in [0.29, 0.717) is 24.1 Å². The molecule has 5 nitrogen and oxygen atoms in total. The zero-order valence-corrected chi connectivity index (χ0v) is 16.5. The predicted molar refractivity (Wildman–Crippen MR) is 112 cm³/mol. The van der Waals surface area contributed by atoms with Crippen molar-refractivity contribution in [3.63, 3.8) is 0 Å². The summed E-state index contributed by atoms with van der Waals surface area (Å²) in [6.45, 7) is 2.38. The SMILES string of the molecule is N/C(=C1/C=CC=CC1C1CC1C1CCOCC1)C(O)NCC1=CCC(N)C=C1. The summed E-state index contributed by atoms with van der Waals surface area (Å²) in [4.78, 5) is 0. The molecule has 0 aromatic heterocycles. The quantitative estimate of drug-likeness (QED) is 0.527. The van der Waals surface area contributed by atoms with E-state index in [-0.39, 0.29) is 6.04 Å². The van der Waals surface area contributed by atoms with Crippen molar-refractivity contribution in [2.24, 2.45) is 35.1 Å². The lowest BCUT2D eigenvalue weighted by molar-refractivity contribution is 0.0576. The zero-order valence-electron chi connectivity index (χ0n) is 16.5. The smallest absolute Gasteiger partial charge is 0.145 e. The molecule has 4 rings (SSSR count). The summed E-state index contributed by atoms with van der Waals surface area (Å²) in [6.07, 6.45) is 18.2. The van der Waals surface area contributed by atoms with Gasteiger partial charge in [-0.3, -0.25) is 5.32 Å². The highest BCUT2D eigenvalue weighted by Gasteiger charge is 2.47. The van der Waals surface area contributed by atoms with Crippen LogP contribution < -0.4 is 16.8 Å². The van der Waals surface area contributed by atoms with E-state index in [2.05, 4.69) is 29.6 Å². The van der Waals surface area contributed by atoms with E-state index in [1.807, 2.05) is 18.2 Å². The highest BCUT2D eigenvalue weighted by molar-refractivity contribution is 5.39. The molecule has 0 bridgehead atoms. The summed E-state index contributed by atoms with van der Waals surface area (Å²) in [5.74, 6) is 2.48. The van der Waals surface area contributed by atoms with Crippen molar-refractivity contribution in [2.45, 2.75) is 38.0 Å². The molecule has 3 aliphatic carbocycles. The Labute approximate surface area is 167 Å². The lowest BCUT2D eigenvalue weighted by Gasteiger charge is -2.26. The van der Waals surface area contributed by atoms with Gasteiger partial charge in [-0.15, -0.1) is 0 Å². The first-order valence-corrected chi connectivity index (χ1v) is 10.6. The molecule has 0 aromatic rings. The van der Waals surface area contributed by atoms with Gasteiger partial charge in [-0.2, -0.15) is 0 Å². The lowest BCUT2D eigenvalue weighted by Crippen LogP contribution is -2.37. The van der Waals surface area contributed by atoms with Crippen LogP contribution in [0.5, 0.6) is 0 Å². The predicted octanol–water partition coefficient (Wildman–Crippen LogP) is 2.13. The van der Waals surface area contributed by atoms with Crippen molar-refractivity contribution in [2.75, 3.05) is 19.8 Å². The Kier molecular flexibility index (Phi) is 6.16. The van der Waals surface area contributed by atoms with Gasteiger partial charge in [0.25, 0.3) is 0 Å². The molecular weight excluding hydrogens is 350 g/mol. The second kappa shape index (κ2) is 8.78. The minimum absolute atomic E-state index is 0.1000. The maximum atomic E-state index is 10.6. The van der Waals surface area contributed by atoms with Gasteiger partial charge in [0.2, 0.25) is 0 Å². The number of hydrogen-bond acceptors (Lipinski definition) is 5. The Balaban J connectivity index is 1.38. The summed E-state index contributed by atoms with van der Waals surface area (Å²) < 4.78 is 5.52. The molecule has 28 heavy (non-hydrogen) atoms. The van der Waals surface area contributed by atoms with Crippen LogP contribution in [0, 0.1) is 23.7 Å². The molecule has 0 aromatic carbocycles. The highest BCUT2D eigenvalue weighted by Crippen LogP contribution is 2.54. The number of rotatable bonds is 6. The van der Waals surface area contributed by atoms with Crippen molar-refractivity contribution in [1.29, 1.82) is 0 Å². The average Bonchev–Trinajstić information content (AvgIpc) is 3.54. The topological polar surface area (TPSA) is 93.5 Å². The minimum Gasteiger partial charge on any atom is -0.399 e. The van der Waals surface area contributed by atoms with Crippen LogP contribution >= 0.6 is 0 Å². The molecule has 5 heteroatoms. The Morgan fingerprint density at radius 1 is 1.18 bits per heavy atom. The molecule has 1 heterocycles. The fraction of sp³-hybridized carbons (Fsp3) is 0.565. The molecule has 2 fully saturated rings. The largest absolute Gasteiger partial charge is 0.399 e. The van der Waals surface area contributed by atoms with Crippen LogP contribution in [0.25, 0.3) is 0 Å². The number of aliphatic hydroxyl groups excluding tert-OH is 1. The van der Waals surface area contributed by atoms with Crippen LogP contribution in [0.3, 0.4) is 0 Å².